The van der Waals surface area contributed by atoms with Crippen molar-refractivity contribution in [1.29, 1.82) is 0 Å². The molecular formula is C20H25NO5. The molecule has 6 nitrogen and oxygen atoms in total. The molecule has 0 fully saturated rings. The number of ether oxygens (including phenoxy) is 3. The quantitative estimate of drug-likeness (QED) is 0.720. The predicted octanol–water partition coefficient (Wildman–Crippen LogP) is 2.89. The second kappa shape index (κ2) is 10.4. The number of carbonyl (C=O) groups is 1. The summed E-state index contributed by atoms with van der Waals surface area (Å²) >= 11 is 0. The van der Waals surface area contributed by atoms with Crippen molar-refractivity contribution in [3.05, 3.63) is 65.7 Å². The molecule has 0 aromatic heterocycles. The van der Waals surface area contributed by atoms with Gasteiger partial charge in [0.25, 0.3) is 0 Å². The summed E-state index contributed by atoms with van der Waals surface area (Å²) in [4.78, 5) is 11.8. The van der Waals surface area contributed by atoms with Crippen molar-refractivity contribution < 1.29 is 24.1 Å². The maximum absolute atomic E-state index is 11.8. The molecule has 0 spiro atoms. The molecule has 0 heterocycles. The van der Waals surface area contributed by atoms with Crippen molar-refractivity contribution in [1.82, 2.24) is 5.32 Å². The first kappa shape index (κ1) is 19.8. The number of methoxy groups -OCH3 is 1. The lowest BCUT2D eigenvalue weighted by atomic mass is 10.2. The monoisotopic (exact) mass is 359 g/mol. The van der Waals surface area contributed by atoms with E-state index in [-0.39, 0.29) is 13.2 Å². The summed E-state index contributed by atoms with van der Waals surface area (Å²) in [5.41, 5.74) is 1.87. The average Bonchev–Trinajstić information content (AvgIpc) is 2.67. The summed E-state index contributed by atoms with van der Waals surface area (Å²) in [6.45, 7) is 2.35. The smallest absolute Gasteiger partial charge is 0.407 e. The normalized spacial score (nSPS) is 12.9. The summed E-state index contributed by atoms with van der Waals surface area (Å²) in [6.07, 6.45) is -1.41. The minimum Gasteiger partial charge on any atom is -0.497 e. The Labute approximate surface area is 153 Å². The standard InChI is InChI=1S/C20H25NO5/c1-15(21-20(23)26-13-16-6-4-3-5-7-16)19(22)14-25-12-17-8-10-18(24-2)11-9-17/h3-11,15,19,22H,12-14H2,1-2H3,(H,21,23)/t15-,19+/m0/s1. The molecule has 0 aliphatic carbocycles. The fourth-order valence-corrected chi connectivity index (χ4v) is 2.21. The SMILES string of the molecule is COc1ccc(COC[C@@H](O)[C@H](C)NC(=O)OCc2ccccc2)cc1. The van der Waals surface area contributed by atoms with Gasteiger partial charge >= 0.3 is 6.09 Å². The molecule has 2 aromatic carbocycles. The van der Waals surface area contributed by atoms with Crippen LogP contribution >= 0.6 is 0 Å². The number of nitrogens with one attached hydrogen (secondary N) is 1. The third-order valence-corrected chi connectivity index (χ3v) is 3.85. The zero-order valence-electron chi connectivity index (χ0n) is 15.1. The number of carbonyl (C=O) groups excluding carboxylic acids is 1. The molecule has 2 atom stereocenters. The van der Waals surface area contributed by atoms with Crippen molar-refractivity contribution in [3.63, 3.8) is 0 Å². The number of aliphatic hydroxyl groups excluding tert-OH is 1. The van der Waals surface area contributed by atoms with Gasteiger partial charge in [0.2, 0.25) is 0 Å². The molecule has 2 N–H and O–H groups in total. The highest BCUT2D eigenvalue weighted by Crippen LogP contribution is 2.12. The maximum Gasteiger partial charge on any atom is 0.407 e. The highest BCUT2D eigenvalue weighted by atomic mass is 16.5. The molecule has 26 heavy (non-hydrogen) atoms. The highest BCUT2D eigenvalue weighted by Gasteiger charge is 2.17. The Morgan fingerprint density at radius 1 is 1.04 bits per heavy atom. The van der Waals surface area contributed by atoms with E-state index in [0.717, 1.165) is 16.9 Å². The Morgan fingerprint density at radius 2 is 1.69 bits per heavy atom. The van der Waals surface area contributed by atoms with Gasteiger partial charge in [0, 0.05) is 0 Å². The molecule has 0 aliphatic rings. The van der Waals surface area contributed by atoms with E-state index in [0.29, 0.717) is 6.61 Å². The molecule has 0 radical (unpaired) electrons. The van der Waals surface area contributed by atoms with Crippen LogP contribution in [0.2, 0.25) is 0 Å². The van der Waals surface area contributed by atoms with Crippen molar-refractivity contribution >= 4 is 6.09 Å². The van der Waals surface area contributed by atoms with Crippen LogP contribution in [0.25, 0.3) is 0 Å². The summed E-state index contributed by atoms with van der Waals surface area (Å²) in [5, 5.41) is 12.7. The van der Waals surface area contributed by atoms with Gasteiger partial charge in [-0.05, 0) is 30.2 Å². The van der Waals surface area contributed by atoms with Crippen molar-refractivity contribution in [2.75, 3.05) is 13.7 Å². The van der Waals surface area contributed by atoms with E-state index in [4.69, 9.17) is 14.2 Å². The average molecular weight is 359 g/mol. The van der Waals surface area contributed by atoms with Crippen LogP contribution in [-0.4, -0.2) is 37.1 Å². The maximum atomic E-state index is 11.8. The van der Waals surface area contributed by atoms with Gasteiger partial charge < -0.3 is 24.6 Å². The largest absolute Gasteiger partial charge is 0.497 e. The molecule has 0 unspecified atom stereocenters. The zero-order valence-corrected chi connectivity index (χ0v) is 15.1. The van der Waals surface area contributed by atoms with E-state index in [2.05, 4.69) is 5.32 Å². The van der Waals surface area contributed by atoms with Gasteiger partial charge in [0.05, 0.1) is 32.5 Å². The number of rotatable bonds is 9. The van der Waals surface area contributed by atoms with Crippen LogP contribution < -0.4 is 10.1 Å². The minimum absolute atomic E-state index is 0.103. The lowest BCUT2D eigenvalue weighted by Crippen LogP contribution is -2.43. The Morgan fingerprint density at radius 3 is 2.35 bits per heavy atom. The fraction of sp³-hybridized carbons (Fsp3) is 0.350. The number of amides is 1. The van der Waals surface area contributed by atoms with Crippen molar-refractivity contribution in [2.24, 2.45) is 0 Å². The Hall–Kier alpha value is -2.57. The molecule has 0 bridgehead atoms. The third kappa shape index (κ3) is 6.74. The van der Waals surface area contributed by atoms with Crippen molar-refractivity contribution in [3.8, 4) is 5.75 Å². The minimum atomic E-state index is -0.836. The van der Waals surface area contributed by atoms with Gasteiger partial charge in [-0.3, -0.25) is 0 Å². The fourth-order valence-electron chi connectivity index (χ4n) is 2.21. The van der Waals surface area contributed by atoms with E-state index in [1.807, 2.05) is 54.6 Å². The molecule has 140 valence electrons. The number of benzene rings is 2. The molecule has 2 rings (SSSR count). The molecule has 0 saturated carbocycles. The third-order valence-electron chi connectivity index (χ3n) is 3.85. The van der Waals surface area contributed by atoms with Gasteiger partial charge in [0.15, 0.2) is 0 Å². The second-order valence-corrected chi connectivity index (χ2v) is 5.93. The zero-order chi connectivity index (χ0) is 18.8. The molecule has 0 aliphatic heterocycles. The van der Waals surface area contributed by atoms with Gasteiger partial charge in [-0.2, -0.15) is 0 Å². The predicted molar refractivity (Wildman–Crippen MR) is 97.9 cm³/mol. The van der Waals surface area contributed by atoms with E-state index in [9.17, 15) is 9.90 Å². The first-order chi connectivity index (χ1) is 12.6. The van der Waals surface area contributed by atoms with E-state index >= 15 is 0 Å². The van der Waals surface area contributed by atoms with Crippen LogP contribution in [0, 0.1) is 0 Å². The van der Waals surface area contributed by atoms with Crippen LogP contribution in [-0.2, 0) is 22.7 Å². The topological polar surface area (TPSA) is 77.0 Å². The van der Waals surface area contributed by atoms with Crippen LogP contribution in [0.15, 0.2) is 54.6 Å². The molecule has 2 aromatic rings. The lowest BCUT2D eigenvalue weighted by molar-refractivity contribution is 0.0116. The van der Waals surface area contributed by atoms with Crippen LogP contribution in [0.1, 0.15) is 18.1 Å². The number of hydrogen-bond donors (Lipinski definition) is 2. The Bertz CT molecular complexity index is 660. The summed E-state index contributed by atoms with van der Waals surface area (Å²) in [5.74, 6) is 0.778. The Balaban J connectivity index is 1.66. The molecule has 0 saturated heterocycles. The first-order valence-corrected chi connectivity index (χ1v) is 8.44. The number of alkyl carbamates (subject to hydrolysis) is 1. The van der Waals surface area contributed by atoms with Gasteiger partial charge in [-0.25, -0.2) is 4.79 Å². The Kier molecular flexibility index (Phi) is 7.92. The molecule has 6 heteroatoms. The second-order valence-electron chi connectivity index (χ2n) is 5.93. The summed E-state index contributed by atoms with van der Waals surface area (Å²) < 4.78 is 15.7. The van der Waals surface area contributed by atoms with Crippen LogP contribution in [0.5, 0.6) is 5.75 Å². The molecular weight excluding hydrogens is 334 g/mol. The van der Waals surface area contributed by atoms with E-state index in [1.165, 1.54) is 0 Å². The highest BCUT2D eigenvalue weighted by molar-refractivity contribution is 5.67. The van der Waals surface area contributed by atoms with Gasteiger partial charge in [0.1, 0.15) is 12.4 Å². The summed E-state index contributed by atoms with van der Waals surface area (Å²) in [7, 11) is 1.61. The van der Waals surface area contributed by atoms with Crippen LogP contribution in [0.4, 0.5) is 4.79 Å². The first-order valence-electron chi connectivity index (χ1n) is 8.44. The number of hydrogen-bond acceptors (Lipinski definition) is 5. The van der Waals surface area contributed by atoms with Gasteiger partial charge in [-0.15, -0.1) is 0 Å². The molecule has 1 amide bonds. The lowest BCUT2D eigenvalue weighted by Gasteiger charge is -2.20. The van der Waals surface area contributed by atoms with Crippen LogP contribution in [0.3, 0.4) is 0 Å². The summed E-state index contributed by atoms with van der Waals surface area (Å²) in [6, 6.07) is 16.4. The van der Waals surface area contributed by atoms with E-state index in [1.54, 1.807) is 14.0 Å². The van der Waals surface area contributed by atoms with Crippen molar-refractivity contribution in [2.45, 2.75) is 32.3 Å². The number of aliphatic hydroxyl groups is 1. The van der Waals surface area contributed by atoms with E-state index < -0.39 is 18.2 Å². The van der Waals surface area contributed by atoms with Gasteiger partial charge in [-0.1, -0.05) is 42.5 Å².